The van der Waals surface area contributed by atoms with Gasteiger partial charge in [-0.15, -0.1) is 0 Å². The number of hydrogen-bond acceptors (Lipinski definition) is 6. The zero-order valence-corrected chi connectivity index (χ0v) is 17.8. The van der Waals surface area contributed by atoms with E-state index in [1.54, 1.807) is 10.9 Å². The molecule has 166 valence electrons. The van der Waals surface area contributed by atoms with Crippen molar-refractivity contribution in [1.82, 2.24) is 20.1 Å². The minimum absolute atomic E-state index is 0.178. The number of ether oxygens (including phenoxy) is 1. The van der Waals surface area contributed by atoms with E-state index in [9.17, 15) is 9.90 Å². The molecule has 0 bridgehead atoms. The van der Waals surface area contributed by atoms with E-state index in [2.05, 4.69) is 20.3 Å². The molecule has 0 radical (unpaired) electrons. The van der Waals surface area contributed by atoms with Crippen LogP contribution in [0.15, 0.2) is 61.1 Å². The molecule has 2 aromatic heterocycles. The van der Waals surface area contributed by atoms with Crippen LogP contribution in [0.3, 0.4) is 0 Å². The minimum atomic E-state index is -0.643. The predicted molar refractivity (Wildman–Crippen MR) is 120 cm³/mol. The zero-order valence-electron chi connectivity index (χ0n) is 17.8. The molecule has 1 aliphatic carbocycles. The fourth-order valence-electron chi connectivity index (χ4n) is 4.42. The quantitative estimate of drug-likeness (QED) is 0.642. The van der Waals surface area contributed by atoms with Crippen molar-refractivity contribution in [3.63, 3.8) is 0 Å². The Hall–Kier alpha value is -3.39. The second-order valence-corrected chi connectivity index (χ2v) is 8.40. The summed E-state index contributed by atoms with van der Waals surface area (Å²) < 4.78 is 7.76. The largest absolute Gasteiger partial charge is 0.477 e. The third-order valence-corrected chi connectivity index (χ3v) is 6.13. The number of para-hydroxylation sites is 2. The topological polar surface area (TPSA) is 92.5 Å². The molecular weight excluding hydrogens is 406 g/mol. The number of rotatable bonds is 5. The molecule has 32 heavy (non-hydrogen) atoms. The summed E-state index contributed by atoms with van der Waals surface area (Å²) in [6, 6.07) is 13.4. The lowest BCUT2D eigenvalue weighted by atomic mass is 9.92. The van der Waals surface area contributed by atoms with Crippen molar-refractivity contribution in [1.29, 1.82) is 0 Å². The molecule has 3 aromatic rings. The van der Waals surface area contributed by atoms with Crippen LogP contribution < -0.4 is 15.0 Å². The second kappa shape index (κ2) is 9.00. The number of pyridine rings is 1. The Labute approximate surface area is 186 Å². The van der Waals surface area contributed by atoms with Gasteiger partial charge in [0.1, 0.15) is 5.75 Å². The summed E-state index contributed by atoms with van der Waals surface area (Å²) in [6.45, 7) is 1.02. The van der Waals surface area contributed by atoms with Crippen LogP contribution in [0.1, 0.15) is 31.2 Å². The monoisotopic (exact) mass is 433 g/mol. The number of fused-ring (bicyclic) bond motifs is 1. The van der Waals surface area contributed by atoms with Crippen LogP contribution >= 0.6 is 0 Å². The molecule has 1 fully saturated rings. The lowest BCUT2D eigenvalue weighted by molar-refractivity contribution is -0.129. The molecule has 8 heteroatoms. The second-order valence-electron chi connectivity index (χ2n) is 8.40. The smallest absolute Gasteiger partial charge is 0.263 e. The molecule has 5 rings (SSSR count). The van der Waals surface area contributed by atoms with Crippen molar-refractivity contribution in [3.8, 4) is 11.6 Å². The van der Waals surface area contributed by atoms with E-state index in [0.717, 1.165) is 42.8 Å². The molecule has 0 saturated heterocycles. The molecule has 3 atom stereocenters. The van der Waals surface area contributed by atoms with Gasteiger partial charge in [0.05, 0.1) is 24.4 Å². The number of nitrogens with zero attached hydrogens (tertiary/aromatic N) is 4. The summed E-state index contributed by atoms with van der Waals surface area (Å²) >= 11 is 0. The molecule has 2 N–H and O–H groups in total. The number of benzene rings is 1. The summed E-state index contributed by atoms with van der Waals surface area (Å²) in [4.78, 5) is 19.7. The highest BCUT2D eigenvalue weighted by Crippen LogP contribution is 2.34. The van der Waals surface area contributed by atoms with Crippen LogP contribution in [0.5, 0.6) is 5.75 Å². The van der Waals surface area contributed by atoms with Crippen LogP contribution in [0.4, 0.5) is 5.69 Å². The van der Waals surface area contributed by atoms with Crippen molar-refractivity contribution in [3.05, 3.63) is 66.6 Å². The van der Waals surface area contributed by atoms with E-state index in [0.29, 0.717) is 18.8 Å². The van der Waals surface area contributed by atoms with Gasteiger partial charge in [-0.1, -0.05) is 31.0 Å². The zero-order chi connectivity index (χ0) is 21.9. The number of anilines is 1. The first-order valence-corrected chi connectivity index (χ1v) is 11.1. The number of nitrogens with one attached hydrogen (secondary N) is 1. The van der Waals surface area contributed by atoms with E-state index >= 15 is 0 Å². The summed E-state index contributed by atoms with van der Waals surface area (Å²) in [7, 11) is 0. The van der Waals surface area contributed by atoms with Crippen LogP contribution in [-0.2, 0) is 11.3 Å². The van der Waals surface area contributed by atoms with E-state index in [1.165, 1.54) is 0 Å². The summed E-state index contributed by atoms with van der Waals surface area (Å²) in [6.07, 6.45) is 7.83. The molecule has 2 aliphatic rings. The SMILES string of the molecule is O=C(NC1CCCCC1O)C1CN(Cc2ccc(-n3cccn3)nc2)c2ccccc2O1. The van der Waals surface area contributed by atoms with Crippen molar-refractivity contribution >= 4 is 11.6 Å². The Bertz CT molecular complexity index is 1050. The summed E-state index contributed by atoms with van der Waals surface area (Å²) in [5.41, 5.74) is 1.98. The number of aromatic nitrogens is 3. The average molecular weight is 434 g/mol. The van der Waals surface area contributed by atoms with Gasteiger partial charge in [-0.2, -0.15) is 5.10 Å². The normalized spacial score (nSPS) is 22.7. The molecule has 8 nitrogen and oxygen atoms in total. The number of carbonyl (C=O) groups is 1. The van der Waals surface area contributed by atoms with Crippen molar-refractivity contribution in [2.45, 2.75) is 50.5 Å². The van der Waals surface area contributed by atoms with E-state index in [-0.39, 0.29) is 11.9 Å². The third kappa shape index (κ3) is 4.31. The lowest BCUT2D eigenvalue weighted by Gasteiger charge is -2.37. The van der Waals surface area contributed by atoms with E-state index < -0.39 is 12.2 Å². The maximum absolute atomic E-state index is 13.0. The van der Waals surface area contributed by atoms with Crippen LogP contribution in [0.2, 0.25) is 0 Å². The standard InChI is InChI=1S/C24H27N5O3/c30-20-8-3-1-6-18(20)27-24(31)22-16-28(19-7-2-4-9-21(19)32-22)15-17-10-11-23(25-14-17)29-13-5-12-26-29/h2,4-5,7,9-14,18,20,22,30H,1,3,6,8,15-16H2,(H,27,31). The highest BCUT2D eigenvalue weighted by atomic mass is 16.5. The van der Waals surface area contributed by atoms with Gasteiger partial charge in [-0.05, 0) is 42.7 Å². The number of aliphatic hydroxyl groups excluding tert-OH is 1. The van der Waals surface area contributed by atoms with Crippen molar-refractivity contribution in [2.75, 3.05) is 11.4 Å². The van der Waals surface area contributed by atoms with Crippen LogP contribution in [0, 0.1) is 0 Å². The van der Waals surface area contributed by atoms with Crippen molar-refractivity contribution < 1.29 is 14.6 Å². The van der Waals surface area contributed by atoms with Gasteiger partial charge in [0.25, 0.3) is 5.91 Å². The molecule has 0 spiro atoms. The highest BCUT2D eigenvalue weighted by molar-refractivity contribution is 5.83. The van der Waals surface area contributed by atoms with Gasteiger partial charge in [0.15, 0.2) is 11.9 Å². The predicted octanol–water partition coefficient (Wildman–Crippen LogP) is 2.45. The van der Waals surface area contributed by atoms with Gasteiger partial charge in [-0.25, -0.2) is 9.67 Å². The fraction of sp³-hybridized carbons (Fsp3) is 0.375. The molecule has 1 aliphatic heterocycles. The van der Waals surface area contributed by atoms with E-state index in [1.807, 2.05) is 54.9 Å². The van der Waals surface area contributed by atoms with Crippen LogP contribution in [0.25, 0.3) is 5.82 Å². The maximum atomic E-state index is 13.0. The number of amides is 1. The molecular formula is C24H27N5O3. The molecule has 3 unspecified atom stereocenters. The number of hydrogen-bond donors (Lipinski definition) is 2. The van der Waals surface area contributed by atoms with Crippen LogP contribution in [-0.4, -0.2) is 50.6 Å². The fourth-order valence-corrected chi connectivity index (χ4v) is 4.42. The van der Waals surface area contributed by atoms with Crippen molar-refractivity contribution in [2.24, 2.45) is 0 Å². The molecule has 1 amide bonds. The first-order valence-electron chi connectivity index (χ1n) is 11.1. The van der Waals surface area contributed by atoms with Gasteiger partial charge in [0, 0.05) is 25.1 Å². The average Bonchev–Trinajstić information content (AvgIpc) is 3.36. The Morgan fingerprint density at radius 1 is 1.16 bits per heavy atom. The molecule has 1 saturated carbocycles. The Kier molecular flexibility index (Phi) is 5.77. The first-order chi connectivity index (χ1) is 15.7. The third-order valence-electron chi connectivity index (χ3n) is 6.13. The highest BCUT2D eigenvalue weighted by Gasteiger charge is 2.33. The lowest BCUT2D eigenvalue weighted by Crippen LogP contribution is -2.54. The number of aliphatic hydroxyl groups is 1. The Morgan fingerprint density at radius 3 is 2.81 bits per heavy atom. The van der Waals surface area contributed by atoms with Gasteiger partial charge >= 0.3 is 0 Å². The maximum Gasteiger partial charge on any atom is 0.263 e. The molecule has 3 heterocycles. The summed E-state index contributed by atoms with van der Waals surface area (Å²) in [5.74, 6) is 1.26. The van der Waals surface area contributed by atoms with Gasteiger partial charge in [-0.3, -0.25) is 4.79 Å². The van der Waals surface area contributed by atoms with Gasteiger partial charge < -0.3 is 20.1 Å². The Balaban J connectivity index is 1.31. The Morgan fingerprint density at radius 2 is 2.03 bits per heavy atom. The molecule has 1 aromatic carbocycles. The van der Waals surface area contributed by atoms with Gasteiger partial charge in [0.2, 0.25) is 0 Å². The van der Waals surface area contributed by atoms with E-state index in [4.69, 9.17) is 4.74 Å². The first kappa shape index (κ1) is 20.5. The summed E-state index contributed by atoms with van der Waals surface area (Å²) in [5, 5.41) is 17.5. The minimum Gasteiger partial charge on any atom is -0.477 e. The number of carbonyl (C=O) groups excluding carboxylic acids is 1.